The standard InChI is InChI=1S/C47H28N4O/c1-2-14-30(15-3-1)45-48-46(36-22-12-18-29-13-6-7-19-33(29)36)50-47(49-45)39-27-38-37-25-31-16-4-5-17-32(31)26-43(37)52-44(38)28-42(39)51-40-23-10-8-20-34(40)35-21-9-11-24-41(35)51/h1-28H. The quantitative estimate of drug-likeness (QED) is 0.188. The van der Waals surface area contributed by atoms with Crippen molar-refractivity contribution >= 4 is 65.3 Å². The molecule has 0 radical (unpaired) electrons. The van der Waals surface area contributed by atoms with Crippen LogP contribution in [0.4, 0.5) is 0 Å². The molecule has 5 nitrogen and oxygen atoms in total. The molecule has 0 aliphatic rings. The first-order valence-corrected chi connectivity index (χ1v) is 17.4. The molecule has 0 fully saturated rings. The molecule has 11 aromatic rings. The fourth-order valence-electron chi connectivity index (χ4n) is 7.80. The van der Waals surface area contributed by atoms with Crippen molar-refractivity contribution in [1.29, 1.82) is 0 Å². The van der Waals surface area contributed by atoms with E-state index in [1.54, 1.807) is 0 Å². The van der Waals surface area contributed by atoms with E-state index in [2.05, 4.69) is 156 Å². The highest BCUT2D eigenvalue weighted by Crippen LogP contribution is 2.41. The van der Waals surface area contributed by atoms with E-state index >= 15 is 0 Å². The van der Waals surface area contributed by atoms with Crippen molar-refractivity contribution in [3.63, 3.8) is 0 Å². The minimum absolute atomic E-state index is 0.589. The number of benzene rings is 8. The number of nitrogens with zero attached hydrogens (tertiary/aromatic N) is 4. The molecule has 3 aromatic heterocycles. The molecule has 0 atom stereocenters. The molecule has 0 bridgehead atoms. The van der Waals surface area contributed by atoms with Crippen molar-refractivity contribution in [3.8, 4) is 39.9 Å². The van der Waals surface area contributed by atoms with Crippen LogP contribution in [0.2, 0.25) is 0 Å². The Labute approximate surface area is 298 Å². The Balaban J connectivity index is 1.28. The number of fused-ring (bicyclic) bond motifs is 8. The van der Waals surface area contributed by atoms with Crippen LogP contribution in [-0.4, -0.2) is 19.5 Å². The van der Waals surface area contributed by atoms with Gasteiger partial charge in [0.25, 0.3) is 0 Å². The fraction of sp³-hybridized carbons (Fsp3) is 0. The lowest BCUT2D eigenvalue weighted by atomic mass is 10.0. The maximum Gasteiger partial charge on any atom is 0.166 e. The Morgan fingerprint density at radius 3 is 1.65 bits per heavy atom. The molecule has 0 N–H and O–H groups in total. The molecule has 0 saturated heterocycles. The number of rotatable bonds is 4. The molecular formula is C47H28N4O. The zero-order chi connectivity index (χ0) is 34.2. The Hall–Kier alpha value is -7.11. The summed E-state index contributed by atoms with van der Waals surface area (Å²) in [4.78, 5) is 15.7. The van der Waals surface area contributed by atoms with Gasteiger partial charge in [-0.25, -0.2) is 15.0 Å². The molecule has 242 valence electrons. The lowest BCUT2D eigenvalue weighted by Crippen LogP contribution is -2.04. The summed E-state index contributed by atoms with van der Waals surface area (Å²) in [6.07, 6.45) is 0. The highest BCUT2D eigenvalue weighted by Gasteiger charge is 2.22. The molecule has 3 heterocycles. The van der Waals surface area contributed by atoms with Crippen molar-refractivity contribution in [2.24, 2.45) is 0 Å². The van der Waals surface area contributed by atoms with E-state index in [1.807, 2.05) is 18.2 Å². The molecular weight excluding hydrogens is 637 g/mol. The van der Waals surface area contributed by atoms with Crippen LogP contribution < -0.4 is 0 Å². The van der Waals surface area contributed by atoms with Gasteiger partial charge in [-0.2, -0.15) is 0 Å². The zero-order valence-corrected chi connectivity index (χ0v) is 27.9. The normalized spacial score (nSPS) is 11.8. The zero-order valence-electron chi connectivity index (χ0n) is 27.9. The SMILES string of the molecule is c1ccc(-c2nc(-c3cc4c(cc3-n3c5ccccc5c5ccccc53)oc3cc5ccccc5cc34)nc(-c3cccc4ccccc34)n2)cc1. The summed E-state index contributed by atoms with van der Waals surface area (Å²) in [6.45, 7) is 0. The van der Waals surface area contributed by atoms with Crippen LogP contribution in [0.3, 0.4) is 0 Å². The Kier molecular flexibility index (Phi) is 6.18. The minimum atomic E-state index is 0.589. The van der Waals surface area contributed by atoms with Gasteiger partial charge in [0.05, 0.1) is 16.7 Å². The maximum absolute atomic E-state index is 6.68. The third-order valence-electron chi connectivity index (χ3n) is 10.2. The summed E-state index contributed by atoms with van der Waals surface area (Å²) in [5.74, 6) is 1.83. The van der Waals surface area contributed by atoms with Crippen LogP contribution in [0.15, 0.2) is 174 Å². The first-order chi connectivity index (χ1) is 25.8. The molecule has 0 spiro atoms. The number of para-hydroxylation sites is 2. The van der Waals surface area contributed by atoms with E-state index in [9.17, 15) is 0 Å². The van der Waals surface area contributed by atoms with Crippen LogP contribution in [0, 0.1) is 0 Å². The molecule has 0 saturated carbocycles. The molecule has 0 aliphatic carbocycles. The molecule has 0 amide bonds. The summed E-state index contributed by atoms with van der Waals surface area (Å²) >= 11 is 0. The Morgan fingerprint density at radius 2 is 0.904 bits per heavy atom. The monoisotopic (exact) mass is 664 g/mol. The molecule has 52 heavy (non-hydrogen) atoms. The van der Waals surface area contributed by atoms with E-state index in [0.29, 0.717) is 17.5 Å². The highest BCUT2D eigenvalue weighted by molar-refractivity contribution is 6.13. The predicted octanol–water partition coefficient (Wildman–Crippen LogP) is 12.2. The van der Waals surface area contributed by atoms with Crippen LogP contribution in [0.1, 0.15) is 0 Å². The molecule has 0 unspecified atom stereocenters. The summed E-state index contributed by atoms with van der Waals surface area (Å²) in [5, 5.41) is 8.94. The topological polar surface area (TPSA) is 56.7 Å². The maximum atomic E-state index is 6.68. The van der Waals surface area contributed by atoms with Crippen molar-refractivity contribution in [2.75, 3.05) is 0 Å². The van der Waals surface area contributed by atoms with Gasteiger partial charge in [-0.05, 0) is 51.9 Å². The van der Waals surface area contributed by atoms with Gasteiger partial charge in [-0.3, -0.25) is 0 Å². The largest absolute Gasteiger partial charge is 0.456 e. The summed E-state index contributed by atoms with van der Waals surface area (Å²) in [6, 6.07) is 59.1. The van der Waals surface area contributed by atoms with Crippen LogP contribution >= 0.6 is 0 Å². The van der Waals surface area contributed by atoms with Gasteiger partial charge >= 0.3 is 0 Å². The third-order valence-corrected chi connectivity index (χ3v) is 10.2. The number of hydrogen-bond donors (Lipinski definition) is 0. The second-order valence-corrected chi connectivity index (χ2v) is 13.2. The average Bonchev–Trinajstić information content (AvgIpc) is 3.73. The lowest BCUT2D eigenvalue weighted by molar-refractivity contribution is 0.669. The van der Waals surface area contributed by atoms with Crippen molar-refractivity contribution in [1.82, 2.24) is 19.5 Å². The van der Waals surface area contributed by atoms with E-state index in [0.717, 1.165) is 76.9 Å². The molecule has 8 aromatic carbocycles. The molecule has 5 heteroatoms. The van der Waals surface area contributed by atoms with Gasteiger partial charge in [0.2, 0.25) is 0 Å². The van der Waals surface area contributed by atoms with Crippen LogP contribution in [0.25, 0.3) is 105 Å². The van der Waals surface area contributed by atoms with Gasteiger partial charge in [-0.15, -0.1) is 0 Å². The summed E-state index contributed by atoms with van der Waals surface area (Å²) in [7, 11) is 0. The van der Waals surface area contributed by atoms with E-state index < -0.39 is 0 Å². The Bertz CT molecular complexity index is 3140. The number of aromatic nitrogens is 4. The predicted molar refractivity (Wildman–Crippen MR) is 213 cm³/mol. The average molecular weight is 665 g/mol. The van der Waals surface area contributed by atoms with Gasteiger partial charge in [-0.1, -0.05) is 133 Å². The van der Waals surface area contributed by atoms with Gasteiger partial charge in [0, 0.05) is 44.3 Å². The van der Waals surface area contributed by atoms with E-state index in [4.69, 9.17) is 19.4 Å². The lowest BCUT2D eigenvalue weighted by Gasteiger charge is -2.15. The highest BCUT2D eigenvalue weighted by atomic mass is 16.3. The Morgan fingerprint density at radius 1 is 0.365 bits per heavy atom. The molecule has 11 rings (SSSR count). The second kappa shape index (κ2) is 11.2. The first-order valence-electron chi connectivity index (χ1n) is 17.4. The second-order valence-electron chi connectivity index (χ2n) is 13.2. The number of hydrogen-bond acceptors (Lipinski definition) is 4. The van der Waals surface area contributed by atoms with Crippen molar-refractivity contribution in [2.45, 2.75) is 0 Å². The van der Waals surface area contributed by atoms with Crippen molar-refractivity contribution < 1.29 is 4.42 Å². The smallest absolute Gasteiger partial charge is 0.166 e. The van der Waals surface area contributed by atoms with Crippen LogP contribution in [-0.2, 0) is 0 Å². The van der Waals surface area contributed by atoms with E-state index in [1.165, 1.54) is 10.8 Å². The summed E-state index contributed by atoms with van der Waals surface area (Å²) in [5.41, 5.74) is 7.54. The minimum Gasteiger partial charge on any atom is -0.456 e. The van der Waals surface area contributed by atoms with E-state index in [-0.39, 0.29) is 0 Å². The van der Waals surface area contributed by atoms with Crippen LogP contribution in [0.5, 0.6) is 0 Å². The van der Waals surface area contributed by atoms with Crippen molar-refractivity contribution in [3.05, 3.63) is 170 Å². The van der Waals surface area contributed by atoms with Gasteiger partial charge in [0.15, 0.2) is 17.5 Å². The fourth-order valence-corrected chi connectivity index (χ4v) is 7.80. The summed E-state index contributed by atoms with van der Waals surface area (Å²) < 4.78 is 9.01. The van der Waals surface area contributed by atoms with Gasteiger partial charge in [0.1, 0.15) is 11.2 Å². The number of furan rings is 1. The first kappa shape index (κ1) is 28.7. The molecule has 0 aliphatic heterocycles. The van der Waals surface area contributed by atoms with Gasteiger partial charge < -0.3 is 8.98 Å². The third kappa shape index (κ3) is 4.39.